The topological polar surface area (TPSA) is 72.5 Å². The highest BCUT2D eigenvalue weighted by molar-refractivity contribution is 7.90. The summed E-state index contributed by atoms with van der Waals surface area (Å²) in [6.07, 6.45) is 9.05. The van der Waals surface area contributed by atoms with Gasteiger partial charge in [0, 0.05) is 0 Å². The summed E-state index contributed by atoms with van der Waals surface area (Å²) in [7, 11) is -3.92. The SMILES string of the molecule is CCCCCCCCCc1ccc(OC(C)C(=O)NS(=O)(=O)c2ccc(C)cc2)cc1. The minimum atomic E-state index is -3.92. The first-order valence-electron chi connectivity index (χ1n) is 11.2. The molecule has 1 amide bonds. The van der Waals surface area contributed by atoms with E-state index in [4.69, 9.17) is 4.74 Å². The van der Waals surface area contributed by atoms with Gasteiger partial charge in [0.05, 0.1) is 4.90 Å². The van der Waals surface area contributed by atoms with Crippen LogP contribution in [0.1, 0.15) is 69.9 Å². The molecule has 2 aromatic carbocycles. The second-order valence-corrected chi connectivity index (χ2v) is 9.74. The number of hydrogen-bond donors (Lipinski definition) is 1. The van der Waals surface area contributed by atoms with Crippen LogP contribution in [0.25, 0.3) is 0 Å². The predicted octanol–water partition coefficient (Wildman–Crippen LogP) is 5.56. The van der Waals surface area contributed by atoms with Gasteiger partial charge in [-0.3, -0.25) is 4.79 Å². The number of sulfonamides is 1. The number of amides is 1. The molecule has 0 aliphatic carbocycles. The fourth-order valence-electron chi connectivity index (χ4n) is 3.27. The van der Waals surface area contributed by atoms with Crippen LogP contribution in [0.4, 0.5) is 0 Å². The molecule has 2 aromatic rings. The number of rotatable bonds is 13. The molecule has 0 saturated carbocycles. The van der Waals surface area contributed by atoms with Gasteiger partial charge in [-0.15, -0.1) is 0 Å². The highest BCUT2D eigenvalue weighted by atomic mass is 32.2. The molecule has 5 nitrogen and oxygen atoms in total. The Morgan fingerprint density at radius 1 is 0.903 bits per heavy atom. The van der Waals surface area contributed by atoms with Crippen molar-refractivity contribution in [1.82, 2.24) is 4.72 Å². The molecule has 0 aliphatic heterocycles. The molecule has 31 heavy (non-hydrogen) atoms. The fourth-order valence-corrected chi connectivity index (χ4v) is 4.31. The molecular formula is C25H35NO4S. The van der Waals surface area contributed by atoms with Gasteiger partial charge in [-0.1, -0.05) is 75.3 Å². The normalized spacial score (nSPS) is 12.4. The largest absolute Gasteiger partial charge is 0.481 e. The molecule has 0 aliphatic rings. The van der Waals surface area contributed by atoms with Crippen molar-refractivity contribution < 1.29 is 17.9 Å². The molecule has 1 unspecified atom stereocenters. The third-order valence-electron chi connectivity index (χ3n) is 5.24. The van der Waals surface area contributed by atoms with E-state index < -0.39 is 22.0 Å². The van der Waals surface area contributed by atoms with Crippen LogP contribution >= 0.6 is 0 Å². The Morgan fingerprint density at radius 3 is 2.10 bits per heavy atom. The summed E-state index contributed by atoms with van der Waals surface area (Å²) < 4.78 is 32.5. The third kappa shape index (κ3) is 8.74. The fraction of sp³-hybridized carbons (Fsp3) is 0.480. The zero-order valence-corrected chi connectivity index (χ0v) is 19.7. The van der Waals surface area contributed by atoms with E-state index in [1.807, 2.05) is 31.2 Å². The van der Waals surface area contributed by atoms with E-state index in [0.29, 0.717) is 5.75 Å². The summed E-state index contributed by atoms with van der Waals surface area (Å²) in [5, 5.41) is 0. The quantitative estimate of drug-likeness (QED) is 0.410. The van der Waals surface area contributed by atoms with E-state index in [2.05, 4.69) is 11.6 Å². The Morgan fingerprint density at radius 2 is 1.48 bits per heavy atom. The molecule has 0 heterocycles. The number of carbonyl (C=O) groups excluding carboxylic acids is 1. The van der Waals surface area contributed by atoms with Crippen LogP contribution in [-0.4, -0.2) is 20.4 Å². The van der Waals surface area contributed by atoms with E-state index in [1.54, 1.807) is 12.1 Å². The van der Waals surface area contributed by atoms with Crippen LogP contribution in [0, 0.1) is 6.92 Å². The monoisotopic (exact) mass is 445 g/mol. The number of benzene rings is 2. The smallest absolute Gasteiger partial charge is 0.274 e. The maximum absolute atomic E-state index is 12.4. The van der Waals surface area contributed by atoms with Gasteiger partial charge in [-0.25, -0.2) is 13.1 Å². The lowest BCUT2D eigenvalue weighted by Gasteiger charge is -2.15. The predicted molar refractivity (Wildman–Crippen MR) is 125 cm³/mol. The van der Waals surface area contributed by atoms with Crippen molar-refractivity contribution in [2.24, 2.45) is 0 Å². The average Bonchev–Trinajstić information content (AvgIpc) is 2.74. The van der Waals surface area contributed by atoms with Gasteiger partial charge < -0.3 is 4.74 Å². The second kappa shape index (κ2) is 12.5. The molecule has 0 fully saturated rings. The standard InChI is InChI=1S/C25H35NO4S/c1-4-5-6-7-8-9-10-11-22-14-16-23(17-15-22)30-21(3)25(27)26-31(28,29)24-18-12-20(2)13-19-24/h12-19,21H,4-11H2,1-3H3,(H,26,27). The van der Waals surface area contributed by atoms with Crippen molar-refractivity contribution in [2.45, 2.75) is 83.1 Å². The highest BCUT2D eigenvalue weighted by Crippen LogP contribution is 2.17. The average molecular weight is 446 g/mol. The van der Waals surface area contributed by atoms with E-state index in [9.17, 15) is 13.2 Å². The molecule has 0 saturated heterocycles. The summed E-state index contributed by atoms with van der Waals surface area (Å²) in [6.45, 7) is 5.63. The Labute approximate surface area is 187 Å². The summed E-state index contributed by atoms with van der Waals surface area (Å²) in [4.78, 5) is 12.4. The van der Waals surface area contributed by atoms with Crippen LogP contribution in [0.5, 0.6) is 5.75 Å². The van der Waals surface area contributed by atoms with Crippen LogP contribution in [0.3, 0.4) is 0 Å². The van der Waals surface area contributed by atoms with Gasteiger partial charge in [-0.2, -0.15) is 0 Å². The van der Waals surface area contributed by atoms with Gasteiger partial charge in [0.25, 0.3) is 15.9 Å². The molecule has 170 valence electrons. The van der Waals surface area contributed by atoms with Crippen molar-refractivity contribution in [2.75, 3.05) is 0 Å². The number of hydrogen-bond acceptors (Lipinski definition) is 4. The Hall–Kier alpha value is -2.34. The molecule has 6 heteroatoms. The van der Waals surface area contributed by atoms with Crippen LogP contribution in [0.15, 0.2) is 53.4 Å². The molecule has 0 aromatic heterocycles. The molecule has 1 N–H and O–H groups in total. The maximum Gasteiger partial charge on any atom is 0.274 e. The first-order chi connectivity index (χ1) is 14.8. The molecule has 2 rings (SSSR count). The molecule has 0 radical (unpaired) electrons. The van der Waals surface area contributed by atoms with E-state index in [0.717, 1.165) is 12.0 Å². The van der Waals surface area contributed by atoms with E-state index in [-0.39, 0.29) is 4.90 Å². The van der Waals surface area contributed by atoms with Gasteiger partial charge in [-0.05, 0) is 56.5 Å². The van der Waals surface area contributed by atoms with E-state index in [1.165, 1.54) is 69.6 Å². The Balaban J connectivity index is 1.79. The first-order valence-corrected chi connectivity index (χ1v) is 12.7. The van der Waals surface area contributed by atoms with Crippen LogP contribution < -0.4 is 9.46 Å². The lowest BCUT2D eigenvalue weighted by atomic mass is 10.0. The molecule has 0 spiro atoms. The Kier molecular flexibility index (Phi) is 10.0. The Bertz CT molecular complexity index is 906. The van der Waals surface area contributed by atoms with Gasteiger partial charge in [0.2, 0.25) is 0 Å². The van der Waals surface area contributed by atoms with Crippen molar-refractivity contribution in [3.05, 3.63) is 59.7 Å². The highest BCUT2D eigenvalue weighted by Gasteiger charge is 2.22. The zero-order valence-electron chi connectivity index (χ0n) is 18.9. The molecular weight excluding hydrogens is 410 g/mol. The summed E-state index contributed by atoms with van der Waals surface area (Å²) >= 11 is 0. The number of nitrogens with one attached hydrogen (secondary N) is 1. The summed E-state index contributed by atoms with van der Waals surface area (Å²) in [5.41, 5.74) is 2.18. The number of ether oxygens (including phenoxy) is 1. The lowest BCUT2D eigenvalue weighted by molar-refractivity contribution is -0.125. The molecule has 1 atom stereocenters. The van der Waals surface area contributed by atoms with Crippen LogP contribution in [-0.2, 0) is 21.2 Å². The maximum atomic E-state index is 12.4. The molecule has 0 bridgehead atoms. The van der Waals surface area contributed by atoms with Crippen molar-refractivity contribution >= 4 is 15.9 Å². The summed E-state index contributed by atoms with van der Waals surface area (Å²) in [5.74, 6) is -0.161. The number of carbonyl (C=O) groups is 1. The minimum absolute atomic E-state index is 0.0494. The lowest BCUT2D eigenvalue weighted by Crippen LogP contribution is -2.39. The first kappa shape index (κ1) is 24.9. The third-order valence-corrected chi connectivity index (χ3v) is 6.60. The second-order valence-electron chi connectivity index (χ2n) is 8.06. The van der Waals surface area contributed by atoms with E-state index >= 15 is 0 Å². The van der Waals surface area contributed by atoms with Gasteiger partial charge in [0.1, 0.15) is 5.75 Å². The van der Waals surface area contributed by atoms with Crippen molar-refractivity contribution in [1.29, 1.82) is 0 Å². The van der Waals surface area contributed by atoms with Crippen LogP contribution in [0.2, 0.25) is 0 Å². The summed E-state index contributed by atoms with van der Waals surface area (Å²) in [6, 6.07) is 14.0. The number of unbranched alkanes of at least 4 members (excludes halogenated alkanes) is 6. The number of aryl methyl sites for hydroxylation is 2. The van der Waals surface area contributed by atoms with Crippen molar-refractivity contribution in [3.63, 3.8) is 0 Å². The van der Waals surface area contributed by atoms with Crippen molar-refractivity contribution in [3.8, 4) is 5.75 Å². The van der Waals surface area contributed by atoms with Gasteiger partial charge >= 0.3 is 0 Å². The minimum Gasteiger partial charge on any atom is -0.481 e. The zero-order chi connectivity index (χ0) is 22.7. The van der Waals surface area contributed by atoms with Gasteiger partial charge in [0.15, 0.2) is 6.10 Å².